The molecule has 3 aromatic rings. The highest BCUT2D eigenvalue weighted by Crippen LogP contribution is 2.24. The van der Waals surface area contributed by atoms with Crippen molar-refractivity contribution in [3.63, 3.8) is 0 Å². The molecule has 0 bridgehead atoms. The lowest BCUT2D eigenvalue weighted by Gasteiger charge is -2.23. The second-order valence-electron chi connectivity index (χ2n) is 6.45. The van der Waals surface area contributed by atoms with E-state index in [9.17, 15) is 13.2 Å². The zero-order valence-electron chi connectivity index (χ0n) is 16.1. The van der Waals surface area contributed by atoms with Gasteiger partial charge in [0.1, 0.15) is 0 Å². The van der Waals surface area contributed by atoms with Crippen LogP contribution in [-0.2, 0) is 10.0 Å². The smallest absolute Gasteiger partial charge is 0.264 e. The number of nitrogens with zero attached hydrogens (tertiary/aromatic N) is 1. The van der Waals surface area contributed by atoms with E-state index in [2.05, 4.69) is 11.9 Å². The molecule has 0 atom stereocenters. The van der Waals surface area contributed by atoms with E-state index in [-0.39, 0.29) is 17.3 Å². The van der Waals surface area contributed by atoms with Crippen LogP contribution in [0.1, 0.15) is 15.9 Å². The first-order chi connectivity index (χ1) is 13.9. The monoisotopic (exact) mass is 406 g/mol. The first-order valence-electron chi connectivity index (χ1n) is 9.09. The van der Waals surface area contributed by atoms with Crippen LogP contribution in [0.3, 0.4) is 0 Å². The SMILES string of the molecule is C=CCN(c1ccc(C(=O)Nc2ccccc2C)cc1)S(=O)(=O)c1ccccc1. The van der Waals surface area contributed by atoms with Gasteiger partial charge in [-0.1, -0.05) is 42.5 Å². The van der Waals surface area contributed by atoms with Gasteiger partial charge in [-0.15, -0.1) is 6.58 Å². The molecule has 0 saturated heterocycles. The summed E-state index contributed by atoms with van der Waals surface area (Å²) in [6, 6.07) is 22.2. The molecule has 0 radical (unpaired) electrons. The summed E-state index contributed by atoms with van der Waals surface area (Å²) in [4.78, 5) is 12.7. The van der Waals surface area contributed by atoms with Crippen LogP contribution >= 0.6 is 0 Å². The molecular formula is C23H22N2O3S. The minimum Gasteiger partial charge on any atom is -0.322 e. The fourth-order valence-electron chi connectivity index (χ4n) is 2.87. The molecule has 0 aromatic heterocycles. The van der Waals surface area contributed by atoms with Crippen molar-refractivity contribution in [2.24, 2.45) is 0 Å². The third-order valence-corrected chi connectivity index (χ3v) is 6.24. The van der Waals surface area contributed by atoms with E-state index in [1.807, 2.05) is 31.2 Å². The van der Waals surface area contributed by atoms with E-state index in [1.54, 1.807) is 54.6 Å². The van der Waals surface area contributed by atoms with Gasteiger partial charge in [0.15, 0.2) is 0 Å². The first kappa shape index (κ1) is 20.4. The number of amides is 1. The van der Waals surface area contributed by atoms with E-state index < -0.39 is 10.0 Å². The van der Waals surface area contributed by atoms with Gasteiger partial charge in [0, 0.05) is 11.3 Å². The molecule has 6 heteroatoms. The largest absolute Gasteiger partial charge is 0.322 e. The summed E-state index contributed by atoms with van der Waals surface area (Å²) in [6.07, 6.45) is 1.53. The topological polar surface area (TPSA) is 66.5 Å². The van der Waals surface area contributed by atoms with Gasteiger partial charge in [-0.05, 0) is 55.0 Å². The lowest BCUT2D eigenvalue weighted by atomic mass is 10.1. The van der Waals surface area contributed by atoms with E-state index in [0.717, 1.165) is 11.3 Å². The van der Waals surface area contributed by atoms with Gasteiger partial charge in [-0.2, -0.15) is 0 Å². The number of carbonyl (C=O) groups excluding carboxylic acids is 1. The number of aryl methyl sites for hydroxylation is 1. The lowest BCUT2D eigenvalue weighted by Crippen LogP contribution is -2.31. The molecule has 0 aliphatic rings. The molecular weight excluding hydrogens is 384 g/mol. The molecule has 3 aromatic carbocycles. The fourth-order valence-corrected chi connectivity index (χ4v) is 4.32. The molecule has 0 aliphatic carbocycles. The molecule has 0 fully saturated rings. The van der Waals surface area contributed by atoms with E-state index >= 15 is 0 Å². The molecule has 1 amide bonds. The number of benzene rings is 3. The number of rotatable bonds is 7. The number of hydrogen-bond donors (Lipinski definition) is 1. The molecule has 0 aliphatic heterocycles. The summed E-state index contributed by atoms with van der Waals surface area (Å²) in [5.41, 5.74) is 2.60. The summed E-state index contributed by atoms with van der Waals surface area (Å²) >= 11 is 0. The highest BCUT2D eigenvalue weighted by atomic mass is 32.2. The van der Waals surface area contributed by atoms with E-state index in [0.29, 0.717) is 11.3 Å². The van der Waals surface area contributed by atoms with Gasteiger partial charge in [0.05, 0.1) is 17.1 Å². The average Bonchev–Trinajstić information content (AvgIpc) is 2.74. The quantitative estimate of drug-likeness (QED) is 0.582. The first-order valence-corrected chi connectivity index (χ1v) is 10.5. The van der Waals surface area contributed by atoms with Crippen molar-refractivity contribution in [1.82, 2.24) is 0 Å². The Hall–Kier alpha value is -3.38. The van der Waals surface area contributed by atoms with Crippen LogP contribution in [0.25, 0.3) is 0 Å². The van der Waals surface area contributed by atoms with E-state index in [4.69, 9.17) is 0 Å². The van der Waals surface area contributed by atoms with Crippen LogP contribution in [0, 0.1) is 6.92 Å². The molecule has 148 valence electrons. The number of hydrogen-bond acceptors (Lipinski definition) is 3. The van der Waals surface area contributed by atoms with Crippen LogP contribution in [0.2, 0.25) is 0 Å². The highest BCUT2D eigenvalue weighted by molar-refractivity contribution is 7.92. The second-order valence-corrected chi connectivity index (χ2v) is 8.32. The second kappa shape index (κ2) is 8.75. The minimum atomic E-state index is -3.74. The summed E-state index contributed by atoms with van der Waals surface area (Å²) in [5, 5.41) is 2.87. The molecule has 1 N–H and O–H groups in total. The molecule has 3 rings (SSSR count). The summed E-state index contributed by atoms with van der Waals surface area (Å²) < 4.78 is 27.3. The van der Waals surface area contributed by atoms with Crippen LogP contribution in [0.5, 0.6) is 0 Å². The molecule has 5 nitrogen and oxygen atoms in total. The van der Waals surface area contributed by atoms with Crippen molar-refractivity contribution < 1.29 is 13.2 Å². The van der Waals surface area contributed by atoms with Crippen molar-refractivity contribution >= 4 is 27.3 Å². The van der Waals surface area contributed by atoms with Crippen molar-refractivity contribution in [3.05, 3.63) is 103 Å². The molecule has 0 heterocycles. The van der Waals surface area contributed by atoms with Crippen LogP contribution in [-0.4, -0.2) is 20.9 Å². The maximum atomic E-state index is 13.0. The Labute approximate surface area is 171 Å². The number of nitrogens with one attached hydrogen (secondary N) is 1. The zero-order chi connectivity index (χ0) is 20.9. The van der Waals surface area contributed by atoms with Gasteiger partial charge in [0.2, 0.25) is 0 Å². The van der Waals surface area contributed by atoms with E-state index in [1.165, 1.54) is 10.4 Å². The highest BCUT2D eigenvalue weighted by Gasteiger charge is 2.24. The third-order valence-electron chi connectivity index (χ3n) is 4.44. The van der Waals surface area contributed by atoms with Gasteiger partial charge in [-0.25, -0.2) is 8.42 Å². The van der Waals surface area contributed by atoms with Gasteiger partial charge in [-0.3, -0.25) is 9.10 Å². The number of carbonyl (C=O) groups is 1. The summed E-state index contributed by atoms with van der Waals surface area (Å²) in [6.45, 7) is 5.70. The summed E-state index contributed by atoms with van der Waals surface area (Å²) in [5.74, 6) is -0.257. The van der Waals surface area contributed by atoms with Gasteiger partial charge >= 0.3 is 0 Å². The molecule has 0 spiro atoms. The lowest BCUT2D eigenvalue weighted by molar-refractivity contribution is 0.102. The average molecular weight is 407 g/mol. The Bertz CT molecular complexity index is 1110. The Morgan fingerprint density at radius 3 is 2.21 bits per heavy atom. The number of para-hydroxylation sites is 1. The maximum absolute atomic E-state index is 13.0. The van der Waals surface area contributed by atoms with Crippen LogP contribution in [0.15, 0.2) is 96.4 Å². The molecule has 0 unspecified atom stereocenters. The Balaban J connectivity index is 1.86. The molecule has 29 heavy (non-hydrogen) atoms. The Morgan fingerprint density at radius 1 is 0.966 bits per heavy atom. The van der Waals surface area contributed by atoms with Crippen molar-refractivity contribution in [1.29, 1.82) is 0 Å². The van der Waals surface area contributed by atoms with Crippen molar-refractivity contribution in [3.8, 4) is 0 Å². The van der Waals surface area contributed by atoms with Crippen molar-refractivity contribution in [2.75, 3.05) is 16.2 Å². The summed E-state index contributed by atoms with van der Waals surface area (Å²) in [7, 11) is -3.74. The Kier molecular flexibility index (Phi) is 6.14. The van der Waals surface area contributed by atoms with Crippen LogP contribution in [0.4, 0.5) is 11.4 Å². The fraction of sp³-hybridized carbons (Fsp3) is 0.0870. The van der Waals surface area contributed by atoms with Gasteiger partial charge < -0.3 is 5.32 Å². The predicted molar refractivity (Wildman–Crippen MR) is 117 cm³/mol. The van der Waals surface area contributed by atoms with Gasteiger partial charge in [0.25, 0.3) is 15.9 Å². The van der Waals surface area contributed by atoms with Crippen LogP contribution < -0.4 is 9.62 Å². The molecule has 0 saturated carbocycles. The predicted octanol–water partition coefficient (Wildman–Crippen LogP) is 4.63. The van der Waals surface area contributed by atoms with Crippen molar-refractivity contribution in [2.45, 2.75) is 11.8 Å². The number of anilines is 2. The Morgan fingerprint density at radius 2 is 1.59 bits per heavy atom. The maximum Gasteiger partial charge on any atom is 0.264 e. The zero-order valence-corrected chi connectivity index (χ0v) is 16.9. The third kappa shape index (κ3) is 4.55. The number of sulfonamides is 1. The minimum absolute atomic E-state index is 0.117. The standard InChI is InChI=1S/C23H22N2O3S/c1-3-17-25(29(27,28)21-10-5-4-6-11-21)20-15-13-19(14-16-20)23(26)24-22-12-8-7-9-18(22)2/h3-16H,1,17H2,2H3,(H,24,26). The normalized spacial score (nSPS) is 10.9.